The van der Waals surface area contributed by atoms with Crippen LogP contribution in [0.1, 0.15) is 25.3 Å². The van der Waals surface area contributed by atoms with Gasteiger partial charge in [-0.25, -0.2) is 9.38 Å². The highest BCUT2D eigenvalue weighted by molar-refractivity contribution is 6.41. The molecule has 1 heterocycles. The fourth-order valence-corrected chi connectivity index (χ4v) is 2.44. The summed E-state index contributed by atoms with van der Waals surface area (Å²) in [6.07, 6.45) is 1.98. The molecule has 0 amide bonds. The molecule has 1 fully saturated rings. The summed E-state index contributed by atoms with van der Waals surface area (Å²) in [6, 6.07) is 4.52. The lowest BCUT2D eigenvalue weighted by Gasteiger charge is -2.24. The van der Waals surface area contributed by atoms with Crippen LogP contribution >= 0.6 is 0 Å². The van der Waals surface area contributed by atoms with Gasteiger partial charge in [-0.3, -0.25) is 4.99 Å². The van der Waals surface area contributed by atoms with Gasteiger partial charge in [-0.05, 0) is 38.0 Å². The first-order chi connectivity index (χ1) is 8.53. The zero-order valence-corrected chi connectivity index (χ0v) is 10.2. The molecule has 1 atom stereocenters. The fraction of sp³-hybridized carbons (Fsp3) is 0.385. The van der Waals surface area contributed by atoms with Gasteiger partial charge in [0.2, 0.25) is 0 Å². The summed E-state index contributed by atoms with van der Waals surface area (Å²) >= 11 is 0. The summed E-state index contributed by atoms with van der Waals surface area (Å²) in [4.78, 5) is 8.96. The predicted octanol–water partition coefficient (Wildman–Crippen LogP) is 1.80. The minimum absolute atomic E-state index is 0.227. The van der Waals surface area contributed by atoms with E-state index in [0.29, 0.717) is 22.8 Å². The minimum atomic E-state index is -0.881. The van der Waals surface area contributed by atoms with Gasteiger partial charge in [0.1, 0.15) is 11.7 Å². The van der Waals surface area contributed by atoms with Gasteiger partial charge in [0.05, 0.1) is 5.71 Å². The smallest absolute Gasteiger partial charge is 0.184 e. The predicted molar refractivity (Wildman–Crippen MR) is 69.9 cm³/mol. The van der Waals surface area contributed by atoms with Gasteiger partial charge in [-0.2, -0.15) is 0 Å². The van der Waals surface area contributed by atoms with E-state index in [1.165, 1.54) is 12.1 Å². The second kappa shape index (κ2) is 3.54. The highest BCUT2D eigenvalue weighted by atomic mass is 19.1. The molecule has 18 heavy (non-hydrogen) atoms. The summed E-state index contributed by atoms with van der Waals surface area (Å²) in [7, 11) is 0. The van der Waals surface area contributed by atoms with Crippen LogP contribution in [-0.4, -0.2) is 11.5 Å². The first-order valence-electron chi connectivity index (χ1n) is 6.00. The highest BCUT2D eigenvalue weighted by Gasteiger charge is 2.50. The third-order valence-electron chi connectivity index (χ3n) is 3.53. The lowest BCUT2D eigenvalue weighted by atomic mass is 9.94. The molecule has 0 aromatic heterocycles. The van der Waals surface area contributed by atoms with Crippen LogP contribution in [0.15, 0.2) is 28.2 Å². The largest absolute Gasteiger partial charge is 0.399 e. The lowest BCUT2D eigenvalue weighted by Crippen LogP contribution is -2.24. The van der Waals surface area contributed by atoms with Crippen molar-refractivity contribution in [1.29, 1.82) is 0 Å². The van der Waals surface area contributed by atoms with Gasteiger partial charge in [0, 0.05) is 17.2 Å². The number of nitrogens with two attached hydrogens (primary N) is 2. The Bertz CT molecular complexity index is 554. The molecule has 1 aromatic rings. The van der Waals surface area contributed by atoms with E-state index >= 15 is 0 Å². The van der Waals surface area contributed by atoms with E-state index in [4.69, 9.17) is 11.5 Å². The number of aliphatic imine (C=N–C) groups is 2. The van der Waals surface area contributed by atoms with Crippen molar-refractivity contribution in [3.05, 3.63) is 29.6 Å². The molecule has 4 nitrogen and oxygen atoms in total. The number of benzene rings is 1. The van der Waals surface area contributed by atoms with Gasteiger partial charge in [-0.1, -0.05) is 0 Å². The fourth-order valence-electron chi connectivity index (χ4n) is 2.44. The molecule has 3 rings (SSSR count). The van der Waals surface area contributed by atoms with E-state index in [1.54, 1.807) is 13.0 Å². The van der Waals surface area contributed by atoms with Crippen molar-refractivity contribution in [3.8, 4) is 0 Å². The average molecular weight is 246 g/mol. The van der Waals surface area contributed by atoms with Crippen LogP contribution in [0.3, 0.4) is 0 Å². The number of nitrogens with zero attached hydrogens (tertiary/aromatic N) is 2. The molecular formula is C13H15FN4. The Kier molecular flexibility index (Phi) is 2.20. The Labute approximate surface area is 105 Å². The molecule has 0 unspecified atom stereocenters. The number of anilines is 1. The van der Waals surface area contributed by atoms with Crippen molar-refractivity contribution in [1.82, 2.24) is 0 Å². The van der Waals surface area contributed by atoms with Crippen LogP contribution < -0.4 is 11.5 Å². The number of nitrogen functional groups attached to an aromatic ring is 1. The van der Waals surface area contributed by atoms with Crippen LogP contribution in [0, 0.1) is 11.7 Å². The molecule has 1 aliphatic heterocycles. The summed E-state index contributed by atoms with van der Waals surface area (Å²) in [5, 5.41) is 0. The summed E-state index contributed by atoms with van der Waals surface area (Å²) in [5.41, 5.74) is 12.3. The number of halogens is 1. The Morgan fingerprint density at radius 1 is 1.28 bits per heavy atom. The van der Waals surface area contributed by atoms with Gasteiger partial charge >= 0.3 is 0 Å². The van der Waals surface area contributed by atoms with E-state index in [1.807, 2.05) is 0 Å². The SMILES string of the molecule is CC1=N[C@](c2cc(N)ccc2F)(C2CC2)N=C1N. The van der Waals surface area contributed by atoms with Crippen molar-refractivity contribution in [2.24, 2.45) is 21.6 Å². The topological polar surface area (TPSA) is 76.8 Å². The minimum Gasteiger partial charge on any atom is -0.399 e. The molecular weight excluding hydrogens is 231 g/mol. The molecule has 0 radical (unpaired) electrons. The van der Waals surface area contributed by atoms with E-state index in [-0.39, 0.29) is 11.7 Å². The van der Waals surface area contributed by atoms with Crippen LogP contribution in [0.2, 0.25) is 0 Å². The summed E-state index contributed by atoms with van der Waals surface area (Å²) in [5.74, 6) is 0.291. The Morgan fingerprint density at radius 2 is 2.00 bits per heavy atom. The summed E-state index contributed by atoms with van der Waals surface area (Å²) < 4.78 is 14.1. The monoisotopic (exact) mass is 246 g/mol. The van der Waals surface area contributed by atoms with Gasteiger partial charge in [-0.15, -0.1) is 0 Å². The summed E-state index contributed by atoms with van der Waals surface area (Å²) in [6.45, 7) is 1.80. The van der Waals surface area contributed by atoms with Crippen molar-refractivity contribution < 1.29 is 4.39 Å². The second-order valence-electron chi connectivity index (χ2n) is 4.93. The number of rotatable bonds is 2. The second-order valence-corrected chi connectivity index (χ2v) is 4.93. The van der Waals surface area contributed by atoms with Gasteiger partial charge < -0.3 is 11.5 Å². The number of amidine groups is 1. The molecule has 0 bridgehead atoms. The molecule has 94 valence electrons. The molecule has 0 spiro atoms. The maximum Gasteiger partial charge on any atom is 0.184 e. The Hall–Kier alpha value is -1.91. The van der Waals surface area contributed by atoms with E-state index < -0.39 is 5.66 Å². The first kappa shape index (κ1) is 11.2. The molecule has 1 aliphatic carbocycles. The molecule has 0 saturated heterocycles. The van der Waals surface area contributed by atoms with Crippen molar-refractivity contribution in [3.63, 3.8) is 0 Å². The van der Waals surface area contributed by atoms with Crippen LogP contribution in [0.5, 0.6) is 0 Å². The molecule has 5 heteroatoms. The Morgan fingerprint density at radius 3 is 2.56 bits per heavy atom. The third kappa shape index (κ3) is 1.50. The molecule has 4 N–H and O–H groups in total. The van der Waals surface area contributed by atoms with Crippen LogP contribution in [-0.2, 0) is 5.66 Å². The van der Waals surface area contributed by atoms with Gasteiger partial charge in [0.15, 0.2) is 5.66 Å². The van der Waals surface area contributed by atoms with Gasteiger partial charge in [0.25, 0.3) is 0 Å². The maximum atomic E-state index is 14.1. The zero-order valence-electron chi connectivity index (χ0n) is 10.2. The molecule has 1 aromatic carbocycles. The zero-order chi connectivity index (χ0) is 12.9. The van der Waals surface area contributed by atoms with Crippen LogP contribution in [0.25, 0.3) is 0 Å². The number of hydrogen-bond donors (Lipinski definition) is 2. The molecule has 1 saturated carbocycles. The quantitative estimate of drug-likeness (QED) is 0.781. The van der Waals surface area contributed by atoms with Crippen LogP contribution in [0.4, 0.5) is 10.1 Å². The molecule has 2 aliphatic rings. The van der Waals surface area contributed by atoms with E-state index in [9.17, 15) is 4.39 Å². The van der Waals surface area contributed by atoms with Crippen molar-refractivity contribution in [2.45, 2.75) is 25.4 Å². The lowest BCUT2D eigenvalue weighted by molar-refractivity contribution is 0.396. The Balaban J connectivity index is 2.20. The van der Waals surface area contributed by atoms with Crippen molar-refractivity contribution >= 4 is 17.2 Å². The first-order valence-corrected chi connectivity index (χ1v) is 6.00. The number of hydrogen-bond acceptors (Lipinski definition) is 4. The normalized spacial score (nSPS) is 27.0. The standard InChI is InChI=1S/C13H15FN4/c1-7-12(16)18-13(17-7,8-2-3-8)10-6-9(15)4-5-11(10)14/h4-6,8H,2-3,15H2,1H3,(H2,16,18)/t13-/m1/s1. The average Bonchev–Trinajstić information content (AvgIpc) is 3.11. The third-order valence-corrected chi connectivity index (χ3v) is 3.53. The van der Waals surface area contributed by atoms with E-state index in [0.717, 1.165) is 12.8 Å². The highest BCUT2D eigenvalue weighted by Crippen LogP contribution is 2.51. The van der Waals surface area contributed by atoms with Crippen molar-refractivity contribution in [2.75, 3.05) is 5.73 Å². The maximum absolute atomic E-state index is 14.1. The van der Waals surface area contributed by atoms with E-state index in [2.05, 4.69) is 9.98 Å².